The average Bonchev–Trinajstić information content (AvgIpc) is 3.10. The number of hydrogen-bond donors (Lipinski definition) is 2. The fraction of sp³-hybridized carbons (Fsp3) is 0.444. The third kappa shape index (κ3) is 3.01. The SMILES string of the molecule is Cc1ccccc1-n1nc(C(=O)NC(C)CCO)c2c1CCC2. The number of benzene rings is 1. The second-order valence-corrected chi connectivity index (χ2v) is 6.21. The number of hydrogen-bond acceptors (Lipinski definition) is 3. The van der Waals surface area contributed by atoms with Gasteiger partial charge in [-0.15, -0.1) is 0 Å². The van der Waals surface area contributed by atoms with Crippen LogP contribution in [0, 0.1) is 6.92 Å². The first-order chi connectivity index (χ1) is 11.1. The molecule has 1 aromatic heterocycles. The fourth-order valence-corrected chi connectivity index (χ4v) is 3.18. The standard InChI is InChI=1S/C18H23N3O2/c1-12-6-3-4-8-15(12)21-16-9-5-7-14(16)17(20-21)18(23)19-13(2)10-11-22/h3-4,6,8,13,22H,5,7,9-11H2,1-2H3,(H,19,23). The first-order valence-electron chi connectivity index (χ1n) is 8.20. The Morgan fingerprint density at radius 1 is 1.39 bits per heavy atom. The van der Waals surface area contributed by atoms with Crippen LogP contribution in [0.5, 0.6) is 0 Å². The third-order valence-electron chi connectivity index (χ3n) is 4.43. The van der Waals surface area contributed by atoms with E-state index in [-0.39, 0.29) is 18.6 Å². The molecule has 1 aliphatic carbocycles. The van der Waals surface area contributed by atoms with Crippen LogP contribution in [0.3, 0.4) is 0 Å². The van der Waals surface area contributed by atoms with Crippen LogP contribution < -0.4 is 5.32 Å². The number of rotatable bonds is 5. The number of para-hydroxylation sites is 1. The van der Waals surface area contributed by atoms with Crippen LogP contribution in [0.1, 0.15) is 47.1 Å². The van der Waals surface area contributed by atoms with Crippen molar-refractivity contribution in [2.45, 2.75) is 45.6 Å². The molecule has 0 bridgehead atoms. The molecule has 122 valence electrons. The van der Waals surface area contributed by atoms with E-state index in [1.54, 1.807) is 0 Å². The monoisotopic (exact) mass is 313 g/mol. The van der Waals surface area contributed by atoms with Crippen LogP contribution in [0.4, 0.5) is 0 Å². The van der Waals surface area contributed by atoms with Gasteiger partial charge in [-0.05, 0) is 51.2 Å². The lowest BCUT2D eigenvalue weighted by molar-refractivity contribution is 0.0928. The third-order valence-corrected chi connectivity index (χ3v) is 4.43. The predicted octanol–water partition coefficient (Wildman–Crippen LogP) is 2.17. The number of nitrogens with zero attached hydrogens (tertiary/aromatic N) is 2. The fourth-order valence-electron chi connectivity index (χ4n) is 3.18. The summed E-state index contributed by atoms with van der Waals surface area (Å²) in [5.74, 6) is -0.142. The molecule has 0 radical (unpaired) electrons. The van der Waals surface area contributed by atoms with Crippen LogP contribution >= 0.6 is 0 Å². The van der Waals surface area contributed by atoms with Crippen molar-refractivity contribution in [3.63, 3.8) is 0 Å². The first kappa shape index (κ1) is 15.7. The number of nitrogens with one attached hydrogen (secondary N) is 1. The summed E-state index contributed by atoms with van der Waals surface area (Å²) in [6.07, 6.45) is 3.46. The molecule has 3 rings (SSSR count). The largest absolute Gasteiger partial charge is 0.396 e. The van der Waals surface area contributed by atoms with E-state index in [2.05, 4.69) is 23.4 Å². The lowest BCUT2D eigenvalue weighted by Gasteiger charge is -2.11. The van der Waals surface area contributed by atoms with E-state index in [1.165, 1.54) is 0 Å². The van der Waals surface area contributed by atoms with E-state index in [1.807, 2.05) is 29.8 Å². The molecular formula is C18H23N3O2. The Morgan fingerprint density at radius 3 is 2.91 bits per heavy atom. The molecule has 23 heavy (non-hydrogen) atoms. The van der Waals surface area contributed by atoms with Gasteiger partial charge in [0.25, 0.3) is 5.91 Å². The van der Waals surface area contributed by atoms with E-state index in [0.29, 0.717) is 12.1 Å². The minimum absolute atomic E-state index is 0.0619. The van der Waals surface area contributed by atoms with Gasteiger partial charge in [-0.1, -0.05) is 18.2 Å². The van der Waals surface area contributed by atoms with Crippen LogP contribution in [0.15, 0.2) is 24.3 Å². The molecule has 0 aliphatic heterocycles. The van der Waals surface area contributed by atoms with Gasteiger partial charge in [0, 0.05) is 23.9 Å². The highest BCUT2D eigenvalue weighted by Crippen LogP contribution is 2.28. The number of amides is 1. The molecule has 0 fully saturated rings. The maximum absolute atomic E-state index is 12.6. The quantitative estimate of drug-likeness (QED) is 0.889. The van der Waals surface area contributed by atoms with E-state index in [0.717, 1.165) is 41.8 Å². The van der Waals surface area contributed by atoms with Crippen LogP contribution in [0.25, 0.3) is 5.69 Å². The van der Waals surface area contributed by atoms with Gasteiger partial charge in [-0.2, -0.15) is 5.10 Å². The van der Waals surface area contributed by atoms with Gasteiger partial charge < -0.3 is 10.4 Å². The molecule has 2 aromatic rings. The number of aromatic nitrogens is 2. The molecule has 1 amide bonds. The van der Waals surface area contributed by atoms with Crippen molar-refractivity contribution in [3.8, 4) is 5.69 Å². The van der Waals surface area contributed by atoms with E-state index >= 15 is 0 Å². The highest BCUT2D eigenvalue weighted by molar-refractivity contribution is 5.94. The molecule has 0 saturated carbocycles. The lowest BCUT2D eigenvalue weighted by Crippen LogP contribution is -2.34. The summed E-state index contributed by atoms with van der Waals surface area (Å²) in [5.41, 5.74) is 4.94. The molecule has 1 aromatic carbocycles. The zero-order chi connectivity index (χ0) is 16.4. The molecule has 5 nitrogen and oxygen atoms in total. The van der Waals surface area contributed by atoms with Gasteiger partial charge >= 0.3 is 0 Å². The highest BCUT2D eigenvalue weighted by Gasteiger charge is 2.27. The lowest BCUT2D eigenvalue weighted by atomic mass is 10.1. The average molecular weight is 313 g/mol. The summed E-state index contributed by atoms with van der Waals surface area (Å²) in [5, 5.41) is 16.5. The second kappa shape index (κ2) is 6.54. The Morgan fingerprint density at radius 2 is 2.17 bits per heavy atom. The Labute approximate surface area is 136 Å². The summed E-state index contributed by atoms with van der Waals surface area (Å²) in [7, 11) is 0. The highest BCUT2D eigenvalue weighted by atomic mass is 16.3. The smallest absolute Gasteiger partial charge is 0.272 e. The maximum atomic E-state index is 12.6. The summed E-state index contributed by atoms with van der Waals surface area (Å²) in [6.45, 7) is 4.02. The van der Waals surface area contributed by atoms with Gasteiger partial charge in [-0.25, -0.2) is 4.68 Å². The van der Waals surface area contributed by atoms with Crippen molar-refractivity contribution in [2.75, 3.05) is 6.61 Å². The minimum atomic E-state index is -0.142. The summed E-state index contributed by atoms with van der Waals surface area (Å²) >= 11 is 0. The zero-order valence-corrected chi connectivity index (χ0v) is 13.7. The van der Waals surface area contributed by atoms with Gasteiger partial charge in [0.15, 0.2) is 5.69 Å². The van der Waals surface area contributed by atoms with Crippen LogP contribution in [-0.4, -0.2) is 33.4 Å². The molecule has 1 atom stereocenters. The van der Waals surface area contributed by atoms with Crippen molar-refractivity contribution >= 4 is 5.91 Å². The molecule has 0 spiro atoms. The van der Waals surface area contributed by atoms with Crippen LogP contribution in [-0.2, 0) is 12.8 Å². The topological polar surface area (TPSA) is 67.2 Å². The normalized spacial score (nSPS) is 14.6. The summed E-state index contributed by atoms with van der Waals surface area (Å²) in [6, 6.07) is 8.03. The number of aryl methyl sites for hydroxylation is 1. The maximum Gasteiger partial charge on any atom is 0.272 e. The molecule has 1 heterocycles. The Bertz CT molecular complexity index is 721. The van der Waals surface area contributed by atoms with Crippen molar-refractivity contribution < 1.29 is 9.90 Å². The van der Waals surface area contributed by atoms with Crippen molar-refractivity contribution in [1.29, 1.82) is 0 Å². The number of fused-ring (bicyclic) bond motifs is 1. The number of carbonyl (C=O) groups excluding carboxylic acids is 1. The van der Waals surface area contributed by atoms with Crippen molar-refractivity contribution in [2.24, 2.45) is 0 Å². The molecule has 0 saturated heterocycles. The molecule has 1 aliphatic rings. The molecule has 5 heteroatoms. The first-order valence-corrected chi connectivity index (χ1v) is 8.20. The predicted molar refractivity (Wildman–Crippen MR) is 89.0 cm³/mol. The zero-order valence-electron chi connectivity index (χ0n) is 13.7. The number of aliphatic hydroxyl groups excluding tert-OH is 1. The molecule has 2 N–H and O–H groups in total. The number of carbonyl (C=O) groups is 1. The summed E-state index contributed by atoms with van der Waals surface area (Å²) in [4.78, 5) is 12.6. The van der Waals surface area contributed by atoms with E-state index in [9.17, 15) is 4.79 Å². The summed E-state index contributed by atoms with van der Waals surface area (Å²) < 4.78 is 1.93. The van der Waals surface area contributed by atoms with E-state index in [4.69, 9.17) is 5.11 Å². The van der Waals surface area contributed by atoms with Gasteiger partial charge in [0.2, 0.25) is 0 Å². The van der Waals surface area contributed by atoms with Gasteiger partial charge in [-0.3, -0.25) is 4.79 Å². The minimum Gasteiger partial charge on any atom is -0.396 e. The van der Waals surface area contributed by atoms with Gasteiger partial charge in [0.1, 0.15) is 0 Å². The van der Waals surface area contributed by atoms with Crippen molar-refractivity contribution in [3.05, 3.63) is 46.8 Å². The Balaban J connectivity index is 1.96. The second-order valence-electron chi connectivity index (χ2n) is 6.21. The Kier molecular flexibility index (Phi) is 4.48. The molecular weight excluding hydrogens is 290 g/mol. The van der Waals surface area contributed by atoms with Crippen LogP contribution in [0.2, 0.25) is 0 Å². The van der Waals surface area contributed by atoms with E-state index < -0.39 is 0 Å². The number of aliphatic hydroxyl groups is 1. The van der Waals surface area contributed by atoms with Gasteiger partial charge in [0.05, 0.1) is 5.69 Å². The Hall–Kier alpha value is -2.14. The molecule has 1 unspecified atom stereocenters. The van der Waals surface area contributed by atoms with Crippen molar-refractivity contribution in [1.82, 2.24) is 15.1 Å².